The zero-order valence-corrected chi connectivity index (χ0v) is 16.3. The van der Waals surface area contributed by atoms with E-state index < -0.39 is 5.91 Å². The van der Waals surface area contributed by atoms with Crippen LogP contribution in [0.15, 0.2) is 0 Å². The number of likely N-dealkylation sites (tertiary alicyclic amines) is 2. The molecule has 27 heavy (non-hydrogen) atoms. The molecule has 3 amide bonds. The van der Waals surface area contributed by atoms with Crippen LogP contribution >= 0.6 is 0 Å². The summed E-state index contributed by atoms with van der Waals surface area (Å²) in [5.74, 6) is -0.355. The fourth-order valence-electron chi connectivity index (χ4n) is 4.66. The van der Waals surface area contributed by atoms with Gasteiger partial charge in [-0.25, -0.2) is 0 Å². The Kier molecular flexibility index (Phi) is 7.10. The van der Waals surface area contributed by atoms with Crippen molar-refractivity contribution in [3.63, 3.8) is 0 Å². The molecule has 0 aromatic carbocycles. The van der Waals surface area contributed by atoms with Crippen molar-refractivity contribution >= 4 is 17.7 Å². The van der Waals surface area contributed by atoms with Crippen molar-refractivity contribution in [1.82, 2.24) is 15.1 Å². The minimum atomic E-state index is -0.468. The first-order valence-electron chi connectivity index (χ1n) is 10.6. The molecule has 2 atom stereocenters. The summed E-state index contributed by atoms with van der Waals surface area (Å²) < 4.78 is 0. The van der Waals surface area contributed by atoms with E-state index in [1.165, 1.54) is 19.3 Å². The molecule has 3 N–H and O–H groups in total. The van der Waals surface area contributed by atoms with E-state index in [1.807, 2.05) is 0 Å². The van der Waals surface area contributed by atoms with Crippen LogP contribution in [0.5, 0.6) is 0 Å². The molecule has 1 aliphatic carbocycles. The van der Waals surface area contributed by atoms with Crippen LogP contribution in [0.4, 0.5) is 0 Å². The van der Waals surface area contributed by atoms with Crippen LogP contribution in [0.2, 0.25) is 0 Å². The predicted molar refractivity (Wildman–Crippen MR) is 103 cm³/mol. The van der Waals surface area contributed by atoms with Gasteiger partial charge < -0.3 is 20.9 Å². The summed E-state index contributed by atoms with van der Waals surface area (Å²) in [5, 5.41) is 2.79. The van der Waals surface area contributed by atoms with Crippen molar-refractivity contribution in [1.29, 1.82) is 0 Å². The first-order valence-corrected chi connectivity index (χ1v) is 10.6. The fraction of sp³-hybridized carbons (Fsp3) is 0.850. The van der Waals surface area contributed by atoms with Crippen LogP contribution in [0.1, 0.15) is 57.8 Å². The Labute approximate surface area is 162 Å². The van der Waals surface area contributed by atoms with Gasteiger partial charge in [0, 0.05) is 25.7 Å². The highest BCUT2D eigenvalue weighted by Gasteiger charge is 2.34. The highest BCUT2D eigenvalue weighted by molar-refractivity contribution is 6.35. The van der Waals surface area contributed by atoms with E-state index in [0.29, 0.717) is 19.6 Å². The third-order valence-corrected chi connectivity index (χ3v) is 6.51. The van der Waals surface area contributed by atoms with Crippen LogP contribution < -0.4 is 11.1 Å². The summed E-state index contributed by atoms with van der Waals surface area (Å²) in [6.45, 7) is 3.69. The van der Waals surface area contributed by atoms with E-state index in [9.17, 15) is 14.4 Å². The molecule has 2 saturated heterocycles. The molecule has 152 valence electrons. The van der Waals surface area contributed by atoms with Gasteiger partial charge in [-0.05, 0) is 57.5 Å². The molecule has 0 spiro atoms. The van der Waals surface area contributed by atoms with Crippen molar-refractivity contribution in [2.75, 3.05) is 32.7 Å². The summed E-state index contributed by atoms with van der Waals surface area (Å²) in [7, 11) is 0. The molecule has 2 unspecified atom stereocenters. The Morgan fingerprint density at radius 2 is 1.78 bits per heavy atom. The molecule has 0 bridgehead atoms. The second-order valence-electron chi connectivity index (χ2n) is 8.48. The summed E-state index contributed by atoms with van der Waals surface area (Å²) in [6, 6.07) is 0.257. The van der Waals surface area contributed by atoms with Gasteiger partial charge in [-0.2, -0.15) is 0 Å². The Morgan fingerprint density at radius 3 is 2.48 bits per heavy atom. The lowest BCUT2D eigenvalue weighted by molar-refractivity contribution is -0.146. The zero-order chi connectivity index (χ0) is 19.2. The lowest BCUT2D eigenvalue weighted by atomic mass is 9.80. The molecule has 3 aliphatic rings. The second-order valence-corrected chi connectivity index (χ2v) is 8.48. The van der Waals surface area contributed by atoms with Gasteiger partial charge in [-0.15, -0.1) is 0 Å². The standard InChI is InChI=1S/C20H34N4O3/c21-18(25)16-7-2-10-23(14-16)11-4-9-22-19(26)20(27)24-12-3-8-17(24)13-15-5-1-6-15/h15-17H,1-14H2,(H2,21,25)(H,22,26). The molecular weight excluding hydrogens is 344 g/mol. The molecule has 0 aromatic heterocycles. The number of nitrogens with zero attached hydrogens (tertiary/aromatic N) is 2. The highest BCUT2D eigenvalue weighted by atomic mass is 16.2. The molecule has 1 saturated carbocycles. The van der Waals surface area contributed by atoms with Crippen LogP contribution in [-0.2, 0) is 14.4 Å². The fourth-order valence-corrected chi connectivity index (χ4v) is 4.66. The number of primary amides is 1. The smallest absolute Gasteiger partial charge is 0.312 e. The maximum absolute atomic E-state index is 12.5. The van der Waals surface area contributed by atoms with Crippen molar-refractivity contribution in [2.24, 2.45) is 17.6 Å². The van der Waals surface area contributed by atoms with E-state index in [0.717, 1.165) is 57.5 Å². The Balaban J connectivity index is 1.34. The number of carbonyl (C=O) groups excluding carboxylic acids is 3. The first kappa shape index (κ1) is 20.1. The molecule has 7 heteroatoms. The quantitative estimate of drug-likeness (QED) is 0.508. The Hall–Kier alpha value is -1.63. The van der Waals surface area contributed by atoms with Gasteiger partial charge in [0.1, 0.15) is 0 Å². The molecular formula is C20H34N4O3. The number of amides is 3. The van der Waals surface area contributed by atoms with Crippen molar-refractivity contribution in [3.05, 3.63) is 0 Å². The normalized spacial score (nSPS) is 26.6. The number of carbonyl (C=O) groups is 3. The van der Waals surface area contributed by atoms with Crippen LogP contribution in [0.25, 0.3) is 0 Å². The molecule has 2 heterocycles. The molecule has 7 nitrogen and oxygen atoms in total. The lowest BCUT2D eigenvalue weighted by Crippen LogP contribution is -2.46. The summed E-state index contributed by atoms with van der Waals surface area (Å²) >= 11 is 0. The largest absolute Gasteiger partial charge is 0.369 e. The summed E-state index contributed by atoms with van der Waals surface area (Å²) in [4.78, 5) is 40.1. The number of piperidine rings is 1. The van der Waals surface area contributed by atoms with Crippen molar-refractivity contribution in [2.45, 2.75) is 63.8 Å². The number of rotatable bonds is 7. The summed E-state index contributed by atoms with van der Waals surface area (Å²) in [6.07, 6.45) is 9.59. The lowest BCUT2D eigenvalue weighted by Gasteiger charge is -2.32. The Morgan fingerprint density at radius 1 is 1.00 bits per heavy atom. The van der Waals surface area contributed by atoms with E-state index in [2.05, 4.69) is 10.2 Å². The maximum Gasteiger partial charge on any atom is 0.312 e. The van der Waals surface area contributed by atoms with E-state index in [-0.39, 0.29) is 23.8 Å². The molecule has 0 aromatic rings. The second kappa shape index (κ2) is 9.53. The topological polar surface area (TPSA) is 95.7 Å². The number of hydrogen-bond donors (Lipinski definition) is 2. The van der Waals surface area contributed by atoms with Gasteiger partial charge >= 0.3 is 11.8 Å². The van der Waals surface area contributed by atoms with E-state index >= 15 is 0 Å². The minimum Gasteiger partial charge on any atom is -0.369 e. The van der Waals surface area contributed by atoms with Gasteiger partial charge in [0.2, 0.25) is 5.91 Å². The van der Waals surface area contributed by atoms with E-state index in [4.69, 9.17) is 5.73 Å². The van der Waals surface area contributed by atoms with Gasteiger partial charge in [0.05, 0.1) is 5.92 Å². The predicted octanol–water partition coefficient (Wildman–Crippen LogP) is 0.871. The Bertz CT molecular complexity index is 549. The van der Waals surface area contributed by atoms with Crippen LogP contribution in [0, 0.1) is 11.8 Å². The SMILES string of the molecule is NC(=O)C1CCCN(CCCNC(=O)C(=O)N2CCCC2CC2CCC2)C1. The third kappa shape index (κ3) is 5.43. The van der Waals surface area contributed by atoms with E-state index in [1.54, 1.807) is 4.90 Å². The molecule has 3 fully saturated rings. The molecule has 2 aliphatic heterocycles. The third-order valence-electron chi connectivity index (χ3n) is 6.51. The maximum atomic E-state index is 12.5. The van der Waals surface area contributed by atoms with Gasteiger partial charge in [0.15, 0.2) is 0 Å². The highest BCUT2D eigenvalue weighted by Crippen LogP contribution is 2.34. The number of hydrogen-bond acceptors (Lipinski definition) is 4. The van der Waals surface area contributed by atoms with Gasteiger partial charge in [-0.3, -0.25) is 14.4 Å². The number of nitrogens with two attached hydrogens (primary N) is 1. The summed E-state index contributed by atoms with van der Waals surface area (Å²) in [5.41, 5.74) is 5.41. The zero-order valence-electron chi connectivity index (χ0n) is 16.3. The number of nitrogens with one attached hydrogen (secondary N) is 1. The van der Waals surface area contributed by atoms with Gasteiger partial charge in [-0.1, -0.05) is 19.3 Å². The van der Waals surface area contributed by atoms with Gasteiger partial charge in [0.25, 0.3) is 0 Å². The average Bonchev–Trinajstić information content (AvgIpc) is 3.09. The monoisotopic (exact) mass is 378 g/mol. The average molecular weight is 379 g/mol. The molecule has 0 radical (unpaired) electrons. The van der Waals surface area contributed by atoms with Crippen LogP contribution in [-0.4, -0.2) is 66.3 Å². The van der Waals surface area contributed by atoms with Crippen molar-refractivity contribution < 1.29 is 14.4 Å². The molecule has 3 rings (SSSR count). The van der Waals surface area contributed by atoms with Crippen LogP contribution in [0.3, 0.4) is 0 Å². The van der Waals surface area contributed by atoms with Crippen molar-refractivity contribution in [3.8, 4) is 0 Å². The minimum absolute atomic E-state index is 0.0577. The first-order chi connectivity index (χ1) is 13.0.